The fourth-order valence-electron chi connectivity index (χ4n) is 2.23. The Balaban J connectivity index is 1.98. The molecule has 1 N–H and O–H groups in total. The Kier molecular flexibility index (Phi) is 6.05. The van der Waals surface area contributed by atoms with E-state index in [1.807, 2.05) is 31.2 Å². The molecule has 0 bridgehead atoms. The van der Waals surface area contributed by atoms with Gasteiger partial charge in [-0.05, 0) is 30.2 Å². The van der Waals surface area contributed by atoms with Crippen LogP contribution in [0.5, 0.6) is 0 Å². The number of hydrogen-bond donors (Lipinski definition) is 1. The van der Waals surface area contributed by atoms with Gasteiger partial charge in [-0.25, -0.2) is 8.42 Å². The lowest BCUT2D eigenvalue weighted by molar-refractivity contribution is 0.0951. The second kappa shape index (κ2) is 8.03. The van der Waals surface area contributed by atoms with Gasteiger partial charge in [0.05, 0.1) is 11.8 Å². The number of rotatable bonds is 7. The van der Waals surface area contributed by atoms with Gasteiger partial charge < -0.3 is 5.32 Å². The Morgan fingerprint density at radius 2 is 1.96 bits per heavy atom. The van der Waals surface area contributed by atoms with Gasteiger partial charge in [0.1, 0.15) is 0 Å². The van der Waals surface area contributed by atoms with E-state index in [1.165, 1.54) is 16.8 Å². The molecular formula is C17H21N3O3S. The summed E-state index contributed by atoms with van der Waals surface area (Å²) in [6.07, 6.45) is 4.23. The molecule has 0 saturated heterocycles. The first-order valence-corrected chi connectivity index (χ1v) is 9.40. The highest BCUT2D eigenvalue weighted by atomic mass is 32.2. The van der Waals surface area contributed by atoms with Crippen LogP contribution in [0.3, 0.4) is 0 Å². The van der Waals surface area contributed by atoms with Crippen LogP contribution in [0, 0.1) is 6.92 Å². The highest BCUT2D eigenvalue weighted by molar-refractivity contribution is 7.88. The fourth-order valence-corrected chi connectivity index (χ4v) is 3.03. The van der Waals surface area contributed by atoms with Crippen LogP contribution in [0.4, 0.5) is 0 Å². The first-order chi connectivity index (χ1) is 11.4. The Morgan fingerprint density at radius 3 is 2.58 bits per heavy atom. The van der Waals surface area contributed by atoms with Crippen molar-refractivity contribution in [1.82, 2.24) is 14.6 Å². The summed E-state index contributed by atoms with van der Waals surface area (Å²) >= 11 is 0. The van der Waals surface area contributed by atoms with Crippen molar-refractivity contribution in [2.45, 2.75) is 13.5 Å². The molecule has 0 atom stereocenters. The summed E-state index contributed by atoms with van der Waals surface area (Å²) in [6.45, 7) is 2.67. The van der Waals surface area contributed by atoms with Crippen LogP contribution in [0.25, 0.3) is 0 Å². The summed E-state index contributed by atoms with van der Waals surface area (Å²) in [6, 6.07) is 11.0. The summed E-state index contributed by atoms with van der Waals surface area (Å²) in [5.74, 6) is -0.271. The van der Waals surface area contributed by atoms with E-state index in [-0.39, 0.29) is 25.5 Å². The number of aromatic nitrogens is 1. The molecule has 2 rings (SSSR count). The zero-order valence-electron chi connectivity index (χ0n) is 13.8. The van der Waals surface area contributed by atoms with Crippen molar-refractivity contribution in [2.75, 3.05) is 19.3 Å². The van der Waals surface area contributed by atoms with Crippen LogP contribution in [-0.4, -0.2) is 43.0 Å². The summed E-state index contributed by atoms with van der Waals surface area (Å²) in [4.78, 5) is 15.9. The van der Waals surface area contributed by atoms with Gasteiger partial charge in [-0.2, -0.15) is 4.31 Å². The van der Waals surface area contributed by atoms with Gasteiger partial charge in [-0.15, -0.1) is 0 Å². The number of hydrogen-bond acceptors (Lipinski definition) is 4. The number of nitrogens with zero attached hydrogens (tertiary/aromatic N) is 2. The first-order valence-electron chi connectivity index (χ1n) is 7.56. The lowest BCUT2D eigenvalue weighted by atomic mass is 10.1. The van der Waals surface area contributed by atoms with E-state index in [0.29, 0.717) is 5.56 Å². The monoisotopic (exact) mass is 347 g/mol. The zero-order valence-corrected chi connectivity index (χ0v) is 14.6. The lowest BCUT2D eigenvalue weighted by Gasteiger charge is -2.21. The van der Waals surface area contributed by atoms with Gasteiger partial charge in [-0.1, -0.05) is 24.3 Å². The maximum Gasteiger partial charge on any atom is 0.252 e. The molecule has 6 nitrogen and oxygen atoms in total. The van der Waals surface area contributed by atoms with Gasteiger partial charge >= 0.3 is 0 Å². The van der Waals surface area contributed by atoms with E-state index in [4.69, 9.17) is 0 Å². The number of carbonyl (C=O) groups is 1. The minimum atomic E-state index is -3.37. The molecule has 0 fully saturated rings. The van der Waals surface area contributed by atoms with E-state index in [9.17, 15) is 13.2 Å². The largest absolute Gasteiger partial charge is 0.351 e. The Bertz CT molecular complexity index is 792. The molecule has 0 unspecified atom stereocenters. The molecule has 1 aromatic heterocycles. The molecule has 0 spiro atoms. The van der Waals surface area contributed by atoms with E-state index in [0.717, 1.165) is 11.1 Å². The number of aryl methyl sites for hydroxylation is 1. The second-order valence-corrected chi connectivity index (χ2v) is 7.50. The molecule has 128 valence electrons. The highest BCUT2D eigenvalue weighted by Crippen LogP contribution is 2.12. The molecule has 2 aromatic rings. The minimum Gasteiger partial charge on any atom is -0.351 e. The SMILES string of the molecule is Cc1ccccc1CN(CCNC(=O)c1cccnc1)S(C)(=O)=O. The summed E-state index contributed by atoms with van der Waals surface area (Å²) in [5.41, 5.74) is 2.43. The predicted octanol–water partition coefficient (Wildman–Crippen LogP) is 1.58. The van der Waals surface area contributed by atoms with Gasteiger partial charge in [0.25, 0.3) is 5.91 Å². The molecular weight excluding hydrogens is 326 g/mol. The molecule has 1 aromatic carbocycles. The maximum atomic E-state index is 12.0. The fraction of sp³-hybridized carbons (Fsp3) is 0.294. The predicted molar refractivity (Wildman–Crippen MR) is 93.0 cm³/mol. The average molecular weight is 347 g/mol. The van der Waals surface area contributed by atoms with Gasteiger partial charge in [0, 0.05) is 32.0 Å². The topological polar surface area (TPSA) is 79.4 Å². The average Bonchev–Trinajstić information content (AvgIpc) is 2.55. The molecule has 24 heavy (non-hydrogen) atoms. The maximum absolute atomic E-state index is 12.0. The van der Waals surface area contributed by atoms with E-state index < -0.39 is 10.0 Å². The van der Waals surface area contributed by atoms with Crippen LogP contribution in [0.15, 0.2) is 48.8 Å². The molecule has 0 aliphatic rings. The van der Waals surface area contributed by atoms with Crippen molar-refractivity contribution in [2.24, 2.45) is 0 Å². The van der Waals surface area contributed by atoms with Crippen LogP contribution in [0.1, 0.15) is 21.5 Å². The Morgan fingerprint density at radius 1 is 1.21 bits per heavy atom. The number of amides is 1. The van der Waals surface area contributed by atoms with Crippen molar-refractivity contribution in [3.8, 4) is 0 Å². The van der Waals surface area contributed by atoms with Gasteiger partial charge in [-0.3, -0.25) is 9.78 Å². The smallest absolute Gasteiger partial charge is 0.252 e. The van der Waals surface area contributed by atoms with Gasteiger partial charge in [0.15, 0.2) is 0 Å². The molecule has 1 heterocycles. The van der Waals surface area contributed by atoms with Crippen molar-refractivity contribution < 1.29 is 13.2 Å². The van der Waals surface area contributed by atoms with Gasteiger partial charge in [0.2, 0.25) is 10.0 Å². The Hall–Kier alpha value is -2.25. The molecule has 0 aliphatic carbocycles. The normalized spacial score (nSPS) is 11.5. The van der Waals surface area contributed by atoms with Crippen molar-refractivity contribution in [3.63, 3.8) is 0 Å². The first kappa shape index (κ1) is 18.1. The second-order valence-electron chi connectivity index (χ2n) is 5.52. The minimum absolute atomic E-state index is 0.208. The summed E-state index contributed by atoms with van der Waals surface area (Å²) in [7, 11) is -3.37. The number of pyridine rings is 1. The van der Waals surface area contributed by atoms with E-state index >= 15 is 0 Å². The standard InChI is InChI=1S/C17H21N3O3S/c1-14-6-3-4-7-16(14)13-20(24(2,22)23)11-10-19-17(21)15-8-5-9-18-12-15/h3-9,12H,10-11,13H2,1-2H3,(H,19,21). The third-order valence-corrected chi connectivity index (χ3v) is 4.90. The van der Waals surface area contributed by atoms with Crippen molar-refractivity contribution in [3.05, 3.63) is 65.5 Å². The quantitative estimate of drug-likeness (QED) is 0.825. The molecule has 0 radical (unpaired) electrons. The van der Waals surface area contributed by atoms with Crippen LogP contribution in [0.2, 0.25) is 0 Å². The van der Waals surface area contributed by atoms with E-state index in [2.05, 4.69) is 10.3 Å². The van der Waals surface area contributed by atoms with Crippen molar-refractivity contribution in [1.29, 1.82) is 0 Å². The van der Waals surface area contributed by atoms with E-state index in [1.54, 1.807) is 18.3 Å². The summed E-state index contributed by atoms with van der Waals surface area (Å²) in [5, 5.41) is 2.72. The summed E-state index contributed by atoms with van der Waals surface area (Å²) < 4.78 is 25.4. The third-order valence-electron chi connectivity index (χ3n) is 3.65. The number of carbonyl (C=O) groups excluding carboxylic acids is 1. The zero-order chi connectivity index (χ0) is 17.6. The third kappa shape index (κ3) is 5.14. The number of sulfonamides is 1. The Labute approximate surface area is 142 Å². The number of nitrogens with one attached hydrogen (secondary N) is 1. The van der Waals surface area contributed by atoms with Crippen molar-refractivity contribution >= 4 is 15.9 Å². The van der Waals surface area contributed by atoms with Crippen LogP contribution in [-0.2, 0) is 16.6 Å². The lowest BCUT2D eigenvalue weighted by Crippen LogP contribution is -2.37. The van der Waals surface area contributed by atoms with Crippen LogP contribution < -0.4 is 5.32 Å². The molecule has 1 amide bonds. The number of benzene rings is 1. The molecule has 0 saturated carbocycles. The molecule has 7 heteroatoms. The highest BCUT2D eigenvalue weighted by Gasteiger charge is 2.18. The van der Waals surface area contributed by atoms with Crippen LogP contribution >= 0.6 is 0 Å². The molecule has 0 aliphatic heterocycles.